The molecule has 2 aromatic rings. The lowest BCUT2D eigenvalue weighted by atomic mass is 10.1. The van der Waals surface area contributed by atoms with Crippen LogP contribution in [0.25, 0.3) is 0 Å². The molecule has 0 atom stereocenters. The van der Waals surface area contributed by atoms with Gasteiger partial charge >= 0.3 is 0 Å². The molecule has 0 aliphatic heterocycles. The van der Waals surface area contributed by atoms with Crippen molar-refractivity contribution in [3.05, 3.63) is 56.2 Å². The smallest absolute Gasteiger partial charge is 0.253 e. The number of carbonyl (C=O) groups excluding carboxylic acids is 2. The Bertz CT molecular complexity index is 637. The fourth-order valence-corrected chi connectivity index (χ4v) is 3.28. The molecule has 104 valence electrons. The Morgan fingerprint density at radius 1 is 1.15 bits per heavy atom. The summed E-state index contributed by atoms with van der Waals surface area (Å²) < 4.78 is 1.04. The Labute approximate surface area is 129 Å². The van der Waals surface area contributed by atoms with Gasteiger partial charge in [0.15, 0.2) is 0 Å². The predicted octanol–water partition coefficient (Wildman–Crippen LogP) is 2.88. The largest absolute Gasteiger partial charge is 0.366 e. The molecule has 0 spiro atoms. The third-order valence-corrected chi connectivity index (χ3v) is 4.39. The Kier molecular flexibility index (Phi) is 4.57. The van der Waals surface area contributed by atoms with Gasteiger partial charge < -0.3 is 10.6 Å². The van der Waals surface area contributed by atoms with Crippen molar-refractivity contribution >= 4 is 39.1 Å². The van der Waals surface area contributed by atoms with Crippen molar-refractivity contribution in [1.29, 1.82) is 0 Å². The van der Waals surface area contributed by atoms with E-state index in [-0.39, 0.29) is 5.91 Å². The van der Waals surface area contributed by atoms with E-state index in [1.165, 1.54) is 0 Å². The SMILES string of the molecule is CN(Cc1ccc(Br)s1)C(=O)c1ccc(C(N)=O)cc1. The fraction of sp³-hybridized carbons (Fsp3) is 0.143. The van der Waals surface area contributed by atoms with Crippen molar-refractivity contribution in [3.8, 4) is 0 Å². The van der Waals surface area contributed by atoms with E-state index < -0.39 is 5.91 Å². The molecule has 2 amide bonds. The van der Waals surface area contributed by atoms with E-state index in [0.29, 0.717) is 17.7 Å². The van der Waals surface area contributed by atoms with Crippen molar-refractivity contribution in [3.63, 3.8) is 0 Å². The summed E-state index contributed by atoms with van der Waals surface area (Å²) >= 11 is 4.99. The molecule has 2 N–H and O–H groups in total. The molecular weight excluding hydrogens is 340 g/mol. The number of primary amides is 1. The molecule has 1 aromatic heterocycles. The first kappa shape index (κ1) is 14.7. The lowest BCUT2D eigenvalue weighted by Gasteiger charge is -2.16. The van der Waals surface area contributed by atoms with Crippen molar-refractivity contribution in [2.75, 3.05) is 7.05 Å². The maximum atomic E-state index is 12.2. The Hall–Kier alpha value is -1.66. The second-order valence-electron chi connectivity index (χ2n) is 4.31. The number of hydrogen-bond acceptors (Lipinski definition) is 3. The minimum absolute atomic E-state index is 0.0921. The summed E-state index contributed by atoms with van der Waals surface area (Å²) in [5, 5.41) is 0. The molecule has 0 aliphatic rings. The van der Waals surface area contributed by atoms with Crippen molar-refractivity contribution in [2.45, 2.75) is 6.54 Å². The maximum absolute atomic E-state index is 12.2. The van der Waals surface area contributed by atoms with Crippen molar-refractivity contribution in [2.24, 2.45) is 5.73 Å². The molecule has 6 heteroatoms. The van der Waals surface area contributed by atoms with Gasteiger partial charge in [0.25, 0.3) is 5.91 Å². The lowest BCUT2D eigenvalue weighted by molar-refractivity contribution is 0.0786. The topological polar surface area (TPSA) is 63.4 Å². The zero-order valence-corrected chi connectivity index (χ0v) is 13.2. The average Bonchev–Trinajstić information content (AvgIpc) is 2.83. The number of nitrogens with two attached hydrogens (primary N) is 1. The van der Waals surface area contributed by atoms with Crippen LogP contribution >= 0.6 is 27.3 Å². The molecule has 4 nitrogen and oxygen atoms in total. The maximum Gasteiger partial charge on any atom is 0.253 e. The highest BCUT2D eigenvalue weighted by Crippen LogP contribution is 2.23. The van der Waals surface area contributed by atoms with Crippen LogP contribution in [-0.2, 0) is 6.54 Å². The van der Waals surface area contributed by atoms with Crippen LogP contribution in [0.4, 0.5) is 0 Å². The summed E-state index contributed by atoms with van der Waals surface area (Å²) in [6.45, 7) is 0.548. The van der Waals surface area contributed by atoms with E-state index in [9.17, 15) is 9.59 Å². The van der Waals surface area contributed by atoms with E-state index in [4.69, 9.17) is 5.73 Å². The van der Waals surface area contributed by atoms with E-state index in [1.54, 1.807) is 47.5 Å². The molecule has 20 heavy (non-hydrogen) atoms. The number of carbonyl (C=O) groups is 2. The minimum atomic E-state index is -0.499. The molecule has 1 aromatic carbocycles. The molecule has 0 saturated heterocycles. The van der Waals surface area contributed by atoms with Gasteiger partial charge in [-0.3, -0.25) is 9.59 Å². The Morgan fingerprint density at radius 3 is 2.25 bits per heavy atom. The van der Waals surface area contributed by atoms with E-state index in [1.807, 2.05) is 12.1 Å². The number of amides is 2. The molecular formula is C14H13BrN2O2S. The molecule has 1 heterocycles. The van der Waals surface area contributed by atoms with E-state index >= 15 is 0 Å². The summed E-state index contributed by atoms with van der Waals surface area (Å²) in [4.78, 5) is 26.0. The third kappa shape index (κ3) is 3.46. The summed E-state index contributed by atoms with van der Waals surface area (Å²) in [6.07, 6.45) is 0. The molecule has 0 radical (unpaired) electrons. The monoisotopic (exact) mass is 352 g/mol. The summed E-state index contributed by atoms with van der Waals surface area (Å²) in [5.41, 5.74) is 6.10. The highest BCUT2D eigenvalue weighted by Gasteiger charge is 2.13. The van der Waals surface area contributed by atoms with Crippen LogP contribution in [0.1, 0.15) is 25.6 Å². The first-order chi connectivity index (χ1) is 9.47. The fourth-order valence-electron chi connectivity index (χ4n) is 1.74. The molecule has 0 bridgehead atoms. The zero-order chi connectivity index (χ0) is 14.7. The first-order valence-electron chi connectivity index (χ1n) is 5.87. The van der Waals surface area contributed by atoms with Crippen LogP contribution in [0.5, 0.6) is 0 Å². The van der Waals surface area contributed by atoms with Gasteiger partial charge in [-0.25, -0.2) is 0 Å². The van der Waals surface area contributed by atoms with Gasteiger partial charge in [-0.05, 0) is 52.3 Å². The van der Waals surface area contributed by atoms with Crippen LogP contribution < -0.4 is 5.73 Å². The number of benzene rings is 1. The second-order valence-corrected chi connectivity index (χ2v) is 6.86. The third-order valence-electron chi connectivity index (χ3n) is 2.78. The lowest BCUT2D eigenvalue weighted by Crippen LogP contribution is -2.25. The standard InChI is InChI=1S/C14H13BrN2O2S/c1-17(8-11-6-7-12(15)20-11)14(19)10-4-2-9(3-5-10)13(16)18/h2-7H,8H2,1H3,(H2,16,18). The molecule has 0 fully saturated rings. The number of thiophene rings is 1. The highest BCUT2D eigenvalue weighted by molar-refractivity contribution is 9.11. The quantitative estimate of drug-likeness (QED) is 0.919. The summed E-state index contributed by atoms with van der Waals surface area (Å²) in [5.74, 6) is -0.591. The van der Waals surface area contributed by atoms with E-state index in [0.717, 1.165) is 8.66 Å². The Morgan fingerprint density at radius 2 is 1.75 bits per heavy atom. The van der Waals surface area contributed by atoms with Crippen LogP contribution in [-0.4, -0.2) is 23.8 Å². The van der Waals surface area contributed by atoms with Gasteiger partial charge in [-0.15, -0.1) is 11.3 Å². The minimum Gasteiger partial charge on any atom is -0.366 e. The Balaban J connectivity index is 2.08. The average molecular weight is 353 g/mol. The van der Waals surface area contributed by atoms with Gasteiger partial charge in [0.1, 0.15) is 0 Å². The van der Waals surface area contributed by atoms with E-state index in [2.05, 4.69) is 15.9 Å². The molecule has 2 rings (SSSR count). The van der Waals surface area contributed by atoms with Gasteiger partial charge in [-0.2, -0.15) is 0 Å². The zero-order valence-electron chi connectivity index (χ0n) is 10.8. The number of halogens is 1. The van der Waals surface area contributed by atoms with Gasteiger partial charge in [-0.1, -0.05) is 0 Å². The first-order valence-corrected chi connectivity index (χ1v) is 7.48. The van der Waals surface area contributed by atoms with Crippen molar-refractivity contribution in [1.82, 2.24) is 4.90 Å². The number of nitrogens with zero attached hydrogens (tertiary/aromatic N) is 1. The number of hydrogen-bond donors (Lipinski definition) is 1. The van der Waals surface area contributed by atoms with Crippen LogP contribution in [0, 0.1) is 0 Å². The second kappa shape index (κ2) is 6.19. The van der Waals surface area contributed by atoms with Gasteiger partial charge in [0, 0.05) is 23.1 Å². The molecule has 0 aliphatic carbocycles. The van der Waals surface area contributed by atoms with Gasteiger partial charge in [0.2, 0.25) is 5.91 Å². The van der Waals surface area contributed by atoms with Crippen molar-refractivity contribution < 1.29 is 9.59 Å². The summed E-state index contributed by atoms with van der Waals surface area (Å²) in [6, 6.07) is 10.3. The van der Waals surface area contributed by atoms with Crippen LogP contribution in [0.3, 0.4) is 0 Å². The molecule has 0 unspecified atom stereocenters. The van der Waals surface area contributed by atoms with Crippen LogP contribution in [0.2, 0.25) is 0 Å². The summed E-state index contributed by atoms with van der Waals surface area (Å²) in [7, 11) is 1.75. The number of rotatable bonds is 4. The van der Waals surface area contributed by atoms with Gasteiger partial charge in [0.05, 0.1) is 10.3 Å². The van der Waals surface area contributed by atoms with Crippen LogP contribution in [0.15, 0.2) is 40.2 Å². The predicted molar refractivity (Wildman–Crippen MR) is 82.8 cm³/mol. The highest BCUT2D eigenvalue weighted by atomic mass is 79.9. The molecule has 0 saturated carbocycles. The normalized spacial score (nSPS) is 10.3.